The molecule has 4 heteroatoms. The molecule has 1 aliphatic heterocycles. The topological polar surface area (TPSA) is 57.6 Å². The number of amides is 1. The second-order valence-electron chi connectivity index (χ2n) is 5.27. The van der Waals surface area contributed by atoms with E-state index in [0.29, 0.717) is 12.0 Å². The molecule has 0 radical (unpaired) electrons. The normalized spacial score (nSPS) is 26.1. The van der Waals surface area contributed by atoms with Gasteiger partial charge in [-0.2, -0.15) is 0 Å². The van der Waals surface area contributed by atoms with Crippen molar-refractivity contribution < 1.29 is 14.7 Å². The summed E-state index contributed by atoms with van der Waals surface area (Å²) in [5.41, 5.74) is 0. The summed E-state index contributed by atoms with van der Waals surface area (Å²) >= 11 is 0. The molecule has 0 aromatic heterocycles. The first kappa shape index (κ1) is 12.4. The standard InChI is InChI=1S/C13H21NO3/c15-12(9-13(16)17)14-8-4-7-11(14)10-5-2-1-3-6-10/h10-11H,1-9H2,(H,16,17). The highest BCUT2D eigenvalue weighted by Crippen LogP contribution is 2.34. The molecule has 1 saturated heterocycles. The van der Waals surface area contributed by atoms with Crippen molar-refractivity contribution >= 4 is 11.9 Å². The summed E-state index contributed by atoms with van der Waals surface area (Å²) in [5, 5.41) is 8.69. The SMILES string of the molecule is O=C(O)CC(=O)N1CCCC1C1CCCCC1. The number of nitrogens with zero attached hydrogens (tertiary/aromatic N) is 1. The van der Waals surface area contributed by atoms with Crippen molar-refractivity contribution in [2.24, 2.45) is 5.92 Å². The van der Waals surface area contributed by atoms with Crippen LogP contribution in [0.1, 0.15) is 51.4 Å². The maximum Gasteiger partial charge on any atom is 0.312 e. The monoisotopic (exact) mass is 239 g/mol. The van der Waals surface area contributed by atoms with E-state index in [4.69, 9.17) is 5.11 Å². The highest BCUT2D eigenvalue weighted by Gasteiger charge is 2.35. The number of hydrogen-bond donors (Lipinski definition) is 1. The Morgan fingerprint density at radius 1 is 1.06 bits per heavy atom. The van der Waals surface area contributed by atoms with Crippen LogP contribution < -0.4 is 0 Å². The minimum absolute atomic E-state index is 0.189. The smallest absolute Gasteiger partial charge is 0.312 e. The quantitative estimate of drug-likeness (QED) is 0.767. The summed E-state index contributed by atoms with van der Waals surface area (Å²) in [6, 6.07) is 0.321. The number of carbonyl (C=O) groups excluding carboxylic acids is 1. The van der Waals surface area contributed by atoms with Crippen LogP contribution in [0.4, 0.5) is 0 Å². The molecule has 1 saturated carbocycles. The molecule has 0 aromatic carbocycles. The Kier molecular flexibility index (Phi) is 4.02. The molecule has 2 aliphatic rings. The van der Waals surface area contributed by atoms with E-state index in [1.165, 1.54) is 32.1 Å². The first-order valence-corrected chi connectivity index (χ1v) is 6.70. The van der Waals surface area contributed by atoms with Crippen LogP contribution in [-0.2, 0) is 9.59 Å². The third-order valence-corrected chi connectivity index (χ3v) is 4.12. The molecule has 1 N–H and O–H groups in total. The first-order valence-electron chi connectivity index (χ1n) is 6.70. The average molecular weight is 239 g/mol. The Balaban J connectivity index is 1.96. The number of rotatable bonds is 3. The fourth-order valence-electron chi connectivity index (χ4n) is 3.34. The van der Waals surface area contributed by atoms with E-state index in [1.807, 2.05) is 4.90 Å². The van der Waals surface area contributed by atoms with Crippen molar-refractivity contribution in [2.45, 2.75) is 57.4 Å². The Bertz CT molecular complexity index is 297. The van der Waals surface area contributed by atoms with Crippen LogP contribution in [0.3, 0.4) is 0 Å². The van der Waals surface area contributed by atoms with Crippen molar-refractivity contribution in [3.63, 3.8) is 0 Å². The Morgan fingerprint density at radius 3 is 2.41 bits per heavy atom. The van der Waals surface area contributed by atoms with E-state index in [9.17, 15) is 9.59 Å². The van der Waals surface area contributed by atoms with Crippen molar-refractivity contribution in [1.29, 1.82) is 0 Å². The lowest BCUT2D eigenvalue weighted by Gasteiger charge is -2.33. The number of carbonyl (C=O) groups is 2. The number of aliphatic carboxylic acids is 1. The molecule has 17 heavy (non-hydrogen) atoms. The van der Waals surface area contributed by atoms with Crippen LogP contribution in [0.5, 0.6) is 0 Å². The summed E-state index contributed by atoms with van der Waals surface area (Å²) in [6.45, 7) is 0.757. The zero-order chi connectivity index (χ0) is 12.3. The van der Waals surface area contributed by atoms with Gasteiger partial charge in [0, 0.05) is 12.6 Å². The van der Waals surface area contributed by atoms with Gasteiger partial charge in [0.1, 0.15) is 6.42 Å². The van der Waals surface area contributed by atoms with Gasteiger partial charge in [0.05, 0.1) is 0 Å². The van der Waals surface area contributed by atoms with Gasteiger partial charge in [0.2, 0.25) is 5.91 Å². The number of hydrogen-bond acceptors (Lipinski definition) is 2. The molecule has 0 aromatic rings. The van der Waals surface area contributed by atoms with Gasteiger partial charge < -0.3 is 10.0 Å². The van der Waals surface area contributed by atoms with Crippen LogP contribution in [0, 0.1) is 5.92 Å². The van der Waals surface area contributed by atoms with E-state index < -0.39 is 5.97 Å². The van der Waals surface area contributed by atoms with Crippen molar-refractivity contribution in [1.82, 2.24) is 4.90 Å². The lowest BCUT2D eigenvalue weighted by atomic mass is 9.83. The summed E-state index contributed by atoms with van der Waals surface area (Å²) < 4.78 is 0. The molecule has 0 bridgehead atoms. The summed E-state index contributed by atoms with van der Waals surface area (Å²) in [4.78, 5) is 24.3. The van der Waals surface area contributed by atoms with Crippen LogP contribution >= 0.6 is 0 Å². The molecule has 2 fully saturated rings. The van der Waals surface area contributed by atoms with Crippen LogP contribution in [0.15, 0.2) is 0 Å². The Morgan fingerprint density at radius 2 is 1.76 bits per heavy atom. The van der Waals surface area contributed by atoms with Crippen molar-refractivity contribution in [3.05, 3.63) is 0 Å². The lowest BCUT2D eigenvalue weighted by molar-refractivity contribution is -0.145. The van der Waals surface area contributed by atoms with E-state index in [-0.39, 0.29) is 12.3 Å². The number of carboxylic acid groups (broad SMARTS) is 1. The third kappa shape index (κ3) is 2.99. The van der Waals surface area contributed by atoms with E-state index in [2.05, 4.69) is 0 Å². The third-order valence-electron chi connectivity index (χ3n) is 4.12. The molecule has 1 amide bonds. The lowest BCUT2D eigenvalue weighted by Crippen LogP contribution is -2.41. The van der Waals surface area contributed by atoms with Gasteiger partial charge in [-0.15, -0.1) is 0 Å². The van der Waals surface area contributed by atoms with Gasteiger partial charge in [-0.3, -0.25) is 9.59 Å². The minimum Gasteiger partial charge on any atom is -0.481 e. The highest BCUT2D eigenvalue weighted by molar-refractivity contribution is 5.93. The minimum atomic E-state index is -1.01. The molecular formula is C13H21NO3. The number of carboxylic acids is 1. The molecule has 1 atom stereocenters. The van der Waals surface area contributed by atoms with Crippen LogP contribution in [0.2, 0.25) is 0 Å². The van der Waals surface area contributed by atoms with Crippen LogP contribution in [0.25, 0.3) is 0 Å². The fourth-order valence-corrected chi connectivity index (χ4v) is 3.34. The predicted molar refractivity (Wildman–Crippen MR) is 63.6 cm³/mol. The second kappa shape index (κ2) is 5.52. The van der Waals surface area contributed by atoms with E-state index >= 15 is 0 Å². The van der Waals surface area contributed by atoms with Gasteiger partial charge in [-0.25, -0.2) is 0 Å². The van der Waals surface area contributed by atoms with E-state index in [0.717, 1.165) is 19.4 Å². The Hall–Kier alpha value is -1.06. The molecule has 2 rings (SSSR count). The largest absolute Gasteiger partial charge is 0.481 e. The maximum absolute atomic E-state index is 11.9. The molecule has 4 nitrogen and oxygen atoms in total. The van der Waals surface area contributed by atoms with Gasteiger partial charge in [0.15, 0.2) is 0 Å². The predicted octanol–water partition coefficient (Wildman–Crippen LogP) is 2.03. The molecule has 0 spiro atoms. The van der Waals surface area contributed by atoms with Gasteiger partial charge in [0.25, 0.3) is 0 Å². The molecular weight excluding hydrogens is 218 g/mol. The first-order chi connectivity index (χ1) is 8.18. The van der Waals surface area contributed by atoms with E-state index in [1.54, 1.807) is 0 Å². The van der Waals surface area contributed by atoms with Gasteiger partial charge >= 0.3 is 5.97 Å². The zero-order valence-electron chi connectivity index (χ0n) is 10.2. The fraction of sp³-hybridized carbons (Fsp3) is 0.846. The van der Waals surface area contributed by atoms with Gasteiger partial charge in [-0.1, -0.05) is 19.3 Å². The van der Waals surface area contributed by atoms with Crippen molar-refractivity contribution in [3.8, 4) is 0 Å². The second-order valence-corrected chi connectivity index (χ2v) is 5.27. The molecule has 1 unspecified atom stereocenters. The summed E-state index contributed by atoms with van der Waals surface area (Å²) in [7, 11) is 0. The molecule has 96 valence electrons. The maximum atomic E-state index is 11.9. The van der Waals surface area contributed by atoms with Crippen molar-refractivity contribution in [2.75, 3.05) is 6.54 Å². The number of likely N-dealkylation sites (tertiary alicyclic amines) is 1. The Labute approximate surface area is 102 Å². The van der Waals surface area contributed by atoms with Gasteiger partial charge in [-0.05, 0) is 31.6 Å². The van der Waals surface area contributed by atoms with Crippen LogP contribution in [-0.4, -0.2) is 34.5 Å². The summed E-state index contributed by atoms with van der Waals surface area (Å²) in [5.74, 6) is -0.584. The molecule has 1 heterocycles. The zero-order valence-corrected chi connectivity index (χ0v) is 10.2. The summed E-state index contributed by atoms with van der Waals surface area (Å²) in [6.07, 6.45) is 8.02. The highest BCUT2D eigenvalue weighted by atomic mass is 16.4. The molecule has 1 aliphatic carbocycles. The average Bonchev–Trinajstić information content (AvgIpc) is 2.78.